The number of carbonyl (C=O) groups is 1. The predicted molar refractivity (Wildman–Crippen MR) is 89.2 cm³/mol. The van der Waals surface area contributed by atoms with Gasteiger partial charge < -0.3 is 9.47 Å². The van der Waals surface area contributed by atoms with Crippen LogP contribution in [0.15, 0.2) is 29.0 Å². The van der Waals surface area contributed by atoms with E-state index >= 15 is 0 Å². The first kappa shape index (κ1) is 15.6. The molecule has 1 fully saturated rings. The molecule has 1 aliphatic rings. The third-order valence-electron chi connectivity index (χ3n) is 3.81. The summed E-state index contributed by atoms with van der Waals surface area (Å²) in [6, 6.07) is 4.21. The molecule has 1 atom stereocenters. The van der Waals surface area contributed by atoms with Gasteiger partial charge >= 0.3 is 0 Å². The van der Waals surface area contributed by atoms with Gasteiger partial charge in [-0.15, -0.1) is 21.5 Å². The lowest BCUT2D eigenvalue weighted by Crippen LogP contribution is -2.34. The number of aryl methyl sites for hydroxylation is 2. The van der Waals surface area contributed by atoms with Crippen molar-refractivity contribution in [3.8, 4) is 0 Å². The Hall–Kier alpha value is -1.34. The first-order valence-corrected chi connectivity index (χ1v) is 9.35. The highest BCUT2D eigenvalue weighted by molar-refractivity contribution is 8.00. The summed E-state index contributed by atoms with van der Waals surface area (Å²) >= 11 is 3.28. The van der Waals surface area contributed by atoms with Gasteiger partial charge in [0.25, 0.3) is 0 Å². The topological polar surface area (TPSA) is 51.0 Å². The molecule has 3 heterocycles. The Morgan fingerprint density at radius 3 is 3.00 bits per heavy atom. The average molecular weight is 336 g/mol. The van der Waals surface area contributed by atoms with Gasteiger partial charge in [0.15, 0.2) is 5.16 Å². The number of aromatic nitrogens is 3. The summed E-state index contributed by atoms with van der Waals surface area (Å²) in [6.07, 6.45) is 4.97. The number of nitrogens with zero attached hydrogens (tertiary/aromatic N) is 4. The number of carbonyl (C=O) groups excluding carboxylic acids is 1. The van der Waals surface area contributed by atoms with Crippen LogP contribution in [0.1, 0.15) is 24.6 Å². The van der Waals surface area contributed by atoms with Crippen LogP contribution in [0.5, 0.6) is 0 Å². The number of hydrogen-bond acceptors (Lipinski definition) is 5. The highest BCUT2D eigenvalue weighted by atomic mass is 32.2. The van der Waals surface area contributed by atoms with Crippen LogP contribution in [0.3, 0.4) is 0 Å². The summed E-state index contributed by atoms with van der Waals surface area (Å²) in [5, 5.41) is 11.0. The molecule has 0 spiro atoms. The van der Waals surface area contributed by atoms with E-state index in [4.69, 9.17) is 0 Å². The summed E-state index contributed by atoms with van der Waals surface area (Å²) in [5.74, 6) is 0.218. The monoisotopic (exact) mass is 336 g/mol. The number of hydrogen-bond donors (Lipinski definition) is 0. The molecule has 118 valence electrons. The third kappa shape index (κ3) is 3.70. The molecule has 1 amide bonds. The number of amides is 1. The van der Waals surface area contributed by atoms with Gasteiger partial charge in [-0.05, 0) is 37.6 Å². The zero-order valence-corrected chi connectivity index (χ0v) is 14.3. The van der Waals surface area contributed by atoms with Gasteiger partial charge in [-0.3, -0.25) is 4.79 Å². The van der Waals surface area contributed by atoms with Crippen molar-refractivity contribution in [2.45, 2.75) is 43.1 Å². The van der Waals surface area contributed by atoms with Crippen molar-refractivity contribution in [1.29, 1.82) is 0 Å². The van der Waals surface area contributed by atoms with Gasteiger partial charge in [0, 0.05) is 24.5 Å². The minimum Gasteiger partial charge on any atom is -0.342 e. The molecule has 2 aromatic rings. The van der Waals surface area contributed by atoms with Crippen LogP contribution >= 0.6 is 23.1 Å². The smallest absolute Gasteiger partial charge is 0.235 e. The Morgan fingerprint density at radius 2 is 2.27 bits per heavy atom. The van der Waals surface area contributed by atoms with E-state index in [1.165, 1.54) is 16.6 Å². The Labute approximate surface area is 138 Å². The Morgan fingerprint density at radius 1 is 1.45 bits per heavy atom. The fraction of sp³-hybridized carbons (Fsp3) is 0.533. The molecule has 0 aliphatic carbocycles. The summed E-state index contributed by atoms with van der Waals surface area (Å²) in [6.45, 7) is 4.60. The standard InChI is InChI=1S/C15H20N4OS2/c1-12(14(20)18-7-2-3-8-18)22-15-17-16-11-19(15)9-6-13-5-4-10-21-13/h4-5,10-12H,2-3,6-9H2,1H3. The van der Waals surface area contributed by atoms with Gasteiger partial charge in [0.1, 0.15) is 6.33 Å². The maximum atomic E-state index is 12.4. The molecule has 0 aromatic carbocycles. The molecule has 0 N–H and O–H groups in total. The van der Waals surface area contributed by atoms with Crippen LogP contribution in [0, 0.1) is 0 Å². The molecule has 1 unspecified atom stereocenters. The second kappa shape index (κ2) is 7.28. The van der Waals surface area contributed by atoms with E-state index < -0.39 is 0 Å². The van der Waals surface area contributed by atoms with Crippen LogP contribution in [0.4, 0.5) is 0 Å². The second-order valence-electron chi connectivity index (χ2n) is 5.43. The van der Waals surface area contributed by atoms with Crippen molar-refractivity contribution in [1.82, 2.24) is 19.7 Å². The van der Waals surface area contributed by atoms with E-state index in [0.29, 0.717) is 0 Å². The number of rotatable bonds is 6. The molecular weight excluding hydrogens is 316 g/mol. The fourth-order valence-electron chi connectivity index (χ4n) is 2.58. The van der Waals surface area contributed by atoms with E-state index in [0.717, 1.165) is 44.1 Å². The Kier molecular flexibility index (Phi) is 5.15. The zero-order chi connectivity index (χ0) is 15.4. The summed E-state index contributed by atoms with van der Waals surface area (Å²) in [7, 11) is 0. The van der Waals surface area contributed by atoms with Gasteiger partial charge in [-0.1, -0.05) is 17.8 Å². The summed E-state index contributed by atoms with van der Waals surface area (Å²) < 4.78 is 2.04. The fourth-order valence-corrected chi connectivity index (χ4v) is 4.21. The van der Waals surface area contributed by atoms with Crippen molar-refractivity contribution in [2.75, 3.05) is 13.1 Å². The first-order valence-electron chi connectivity index (χ1n) is 7.59. The van der Waals surface area contributed by atoms with Crippen molar-refractivity contribution in [2.24, 2.45) is 0 Å². The van der Waals surface area contributed by atoms with Gasteiger partial charge in [-0.2, -0.15) is 0 Å². The first-order chi connectivity index (χ1) is 10.7. The Bertz CT molecular complexity index is 605. The molecule has 3 rings (SSSR count). The maximum Gasteiger partial charge on any atom is 0.235 e. The predicted octanol–water partition coefficient (Wildman–Crippen LogP) is 2.69. The second-order valence-corrected chi connectivity index (χ2v) is 7.77. The van der Waals surface area contributed by atoms with E-state index in [-0.39, 0.29) is 11.2 Å². The quantitative estimate of drug-likeness (QED) is 0.761. The lowest BCUT2D eigenvalue weighted by molar-refractivity contribution is -0.129. The van der Waals surface area contributed by atoms with Gasteiger partial charge in [0.05, 0.1) is 5.25 Å². The molecule has 0 saturated carbocycles. The minimum atomic E-state index is -0.109. The zero-order valence-electron chi connectivity index (χ0n) is 12.6. The number of likely N-dealkylation sites (tertiary alicyclic amines) is 1. The van der Waals surface area contributed by atoms with E-state index in [9.17, 15) is 4.79 Å². The van der Waals surface area contributed by atoms with Crippen molar-refractivity contribution in [3.05, 3.63) is 28.7 Å². The molecular formula is C15H20N4OS2. The molecule has 5 nitrogen and oxygen atoms in total. The van der Waals surface area contributed by atoms with E-state index in [2.05, 4.69) is 27.7 Å². The van der Waals surface area contributed by atoms with E-state index in [1.807, 2.05) is 16.4 Å². The molecule has 1 saturated heterocycles. The molecule has 0 radical (unpaired) electrons. The summed E-state index contributed by atoms with van der Waals surface area (Å²) in [4.78, 5) is 15.7. The summed E-state index contributed by atoms with van der Waals surface area (Å²) in [5.41, 5.74) is 0. The lowest BCUT2D eigenvalue weighted by atomic mass is 10.3. The molecule has 0 bridgehead atoms. The molecule has 2 aromatic heterocycles. The van der Waals surface area contributed by atoms with Crippen molar-refractivity contribution in [3.63, 3.8) is 0 Å². The third-order valence-corrected chi connectivity index (χ3v) is 5.83. The molecule has 7 heteroatoms. The highest BCUT2D eigenvalue weighted by Crippen LogP contribution is 2.24. The van der Waals surface area contributed by atoms with Crippen LogP contribution < -0.4 is 0 Å². The van der Waals surface area contributed by atoms with Crippen molar-refractivity contribution < 1.29 is 4.79 Å². The van der Waals surface area contributed by atoms with Crippen LogP contribution in [-0.4, -0.2) is 43.9 Å². The minimum absolute atomic E-state index is 0.109. The maximum absolute atomic E-state index is 12.4. The lowest BCUT2D eigenvalue weighted by Gasteiger charge is -2.19. The number of thiophene rings is 1. The van der Waals surface area contributed by atoms with Crippen LogP contribution in [0.2, 0.25) is 0 Å². The van der Waals surface area contributed by atoms with Gasteiger partial charge in [0.2, 0.25) is 5.91 Å². The number of thioether (sulfide) groups is 1. The van der Waals surface area contributed by atoms with Gasteiger partial charge in [-0.25, -0.2) is 0 Å². The largest absolute Gasteiger partial charge is 0.342 e. The molecule has 1 aliphatic heterocycles. The molecule has 22 heavy (non-hydrogen) atoms. The van der Waals surface area contributed by atoms with Crippen LogP contribution in [-0.2, 0) is 17.8 Å². The SMILES string of the molecule is CC(Sc1nncn1CCc1cccs1)C(=O)N1CCCC1. The average Bonchev–Trinajstić information content (AvgIpc) is 3.26. The highest BCUT2D eigenvalue weighted by Gasteiger charge is 2.25. The van der Waals surface area contributed by atoms with Crippen LogP contribution in [0.25, 0.3) is 0 Å². The van der Waals surface area contributed by atoms with Crippen molar-refractivity contribution >= 4 is 29.0 Å². The normalized spacial score (nSPS) is 16.1. The van der Waals surface area contributed by atoms with E-state index in [1.54, 1.807) is 17.7 Å². The Balaban J connectivity index is 1.58.